The number of rotatable bonds is 9. The predicted octanol–water partition coefficient (Wildman–Crippen LogP) is 4.79. The molecule has 0 aromatic heterocycles. The van der Waals surface area contributed by atoms with Gasteiger partial charge in [-0.3, -0.25) is 4.79 Å². The number of carbonyl (C=O) groups excluding carboxylic acids is 2. The minimum absolute atomic E-state index is 0.0669. The van der Waals surface area contributed by atoms with E-state index in [2.05, 4.69) is 10.6 Å². The van der Waals surface area contributed by atoms with Gasteiger partial charge in [0.2, 0.25) is 0 Å². The van der Waals surface area contributed by atoms with Crippen LogP contribution in [0.2, 0.25) is 0 Å². The lowest BCUT2D eigenvalue weighted by Crippen LogP contribution is -2.16. The van der Waals surface area contributed by atoms with E-state index < -0.39 is 5.91 Å². The first-order valence-corrected chi connectivity index (χ1v) is 10.3. The summed E-state index contributed by atoms with van der Waals surface area (Å²) in [6, 6.07) is 25.0. The van der Waals surface area contributed by atoms with Gasteiger partial charge in [-0.05, 0) is 61.0 Å². The topological polar surface area (TPSA) is 100 Å². The van der Waals surface area contributed by atoms with Crippen LogP contribution in [-0.4, -0.2) is 18.5 Å². The third-order valence-electron chi connectivity index (χ3n) is 4.47. The number of ether oxygens (including phenoxy) is 2. The Morgan fingerprint density at radius 2 is 1.61 bits per heavy atom. The molecule has 0 aliphatic heterocycles. The maximum Gasteiger partial charge on any atom is 0.338 e. The Morgan fingerprint density at radius 3 is 2.24 bits per heavy atom. The third kappa shape index (κ3) is 6.97. The van der Waals surface area contributed by atoms with Crippen molar-refractivity contribution in [2.75, 3.05) is 11.9 Å². The highest BCUT2D eigenvalue weighted by Crippen LogP contribution is 2.22. The Labute approximate surface area is 192 Å². The lowest BCUT2D eigenvalue weighted by Gasteiger charge is -2.08. The van der Waals surface area contributed by atoms with Gasteiger partial charge in [-0.1, -0.05) is 30.3 Å². The van der Waals surface area contributed by atoms with Gasteiger partial charge in [-0.25, -0.2) is 4.79 Å². The molecule has 3 aromatic rings. The second kappa shape index (κ2) is 11.7. The van der Waals surface area contributed by atoms with Crippen molar-refractivity contribution >= 4 is 17.6 Å². The predicted molar refractivity (Wildman–Crippen MR) is 125 cm³/mol. The van der Waals surface area contributed by atoms with E-state index in [0.29, 0.717) is 35.9 Å². The number of anilines is 1. The molecule has 2 N–H and O–H groups in total. The first-order valence-electron chi connectivity index (χ1n) is 10.3. The van der Waals surface area contributed by atoms with Crippen molar-refractivity contribution < 1.29 is 19.1 Å². The molecule has 7 heteroatoms. The Morgan fingerprint density at radius 1 is 0.939 bits per heavy atom. The lowest BCUT2D eigenvalue weighted by atomic mass is 10.1. The Hall–Kier alpha value is -4.57. The molecular formula is C26H23N3O4. The number of nitriles is 1. The van der Waals surface area contributed by atoms with Crippen molar-refractivity contribution in [3.8, 4) is 17.6 Å². The number of benzene rings is 3. The lowest BCUT2D eigenvalue weighted by molar-refractivity contribution is -0.112. The van der Waals surface area contributed by atoms with Crippen LogP contribution in [0.5, 0.6) is 11.5 Å². The summed E-state index contributed by atoms with van der Waals surface area (Å²) in [6.07, 6.45) is 1.36. The summed E-state index contributed by atoms with van der Waals surface area (Å²) in [4.78, 5) is 24.1. The number of hydrogen-bond donors (Lipinski definition) is 2. The van der Waals surface area contributed by atoms with E-state index in [4.69, 9.17) is 9.47 Å². The molecule has 0 saturated heterocycles. The van der Waals surface area contributed by atoms with Gasteiger partial charge >= 0.3 is 5.97 Å². The van der Waals surface area contributed by atoms with E-state index in [1.54, 1.807) is 55.5 Å². The zero-order valence-electron chi connectivity index (χ0n) is 18.1. The fourth-order valence-electron chi connectivity index (χ4n) is 2.82. The molecule has 0 atom stereocenters. The molecule has 7 nitrogen and oxygen atoms in total. The highest BCUT2D eigenvalue weighted by molar-refractivity contribution is 6.06. The Bertz CT molecular complexity index is 1150. The number of nitrogens with one attached hydrogen (secondary N) is 2. The first-order chi connectivity index (χ1) is 16.1. The zero-order chi connectivity index (χ0) is 23.5. The van der Waals surface area contributed by atoms with Crippen molar-refractivity contribution in [1.82, 2.24) is 5.32 Å². The van der Waals surface area contributed by atoms with Crippen molar-refractivity contribution in [2.45, 2.75) is 13.5 Å². The molecule has 0 aliphatic rings. The molecule has 0 fully saturated rings. The van der Waals surface area contributed by atoms with E-state index in [-0.39, 0.29) is 11.5 Å². The minimum atomic E-state index is -0.528. The summed E-state index contributed by atoms with van der Waals surface area (Å²) in [5.74, 6) is 0.441. The largest absolute Gasteiger partial charge is 0.462 e. The van der Waals surface area contributed by atoms with E-state index in [0.717, 1.165) is 5.56 Å². The molecule has 166 valence electrons. The van der Waals surface area contributed by atoms with Crippen LogP contribution in [0, 0.1) is 11.3 Å². The van der Waals surface area contributed by atoms with Gasteiger partial charge in [0.15, 0.2) is 0 Å². The van der Waals surface area contributed by atoms with Crippen LogP contribution in [0.15, 0.2) is 90.6 Å². The molecule has 0 aliphatic carbocycles. The number of amides is 1. The molecule has 0 heterocycles. The van der Waals surface area contributed by atoms with Crippen molar-refractivity contribution in [3.05, 3.63) is 102 Å². The summed E-state index contributed by atoms with van der Waals surface area (Å²) >= 11 is 0. The summed E-state index contributed by atoms with van der Waals surface area (Å²) < 4.78 is 10.7. The molecule has 0 spiro atoms. The molecule has 0 bridgehead atoms. The van der Waals surface area contributed by atoms with Gasteiger partial charge in [0, 0.05) is 18.4 Å². The van der Waals surface area contributed by atoms with Crippen LogP contribution < -0.4 is 15.4 Å². The van der Waals surface area contributed by atoms with Gasteiger partial charge in [0.05, 0.1) is 12.2 Å². The van der Waals surface area contributed by atoms with Gasteiger partial charge < -0.3 is 20.1 Å². The highest BCUT2D eigenvalue weighted by atomic mass is 16.5. The van der Waals surface area contributed by atoms with Crippen LogP contribution in [-0.2, 0) is 16.1 Å². The van der Waals surface area contributed by atoms with Crippen molar-refractivity contribution in [2.24, 2.45) is 0 Å². The first kappa shape index (κ1) is 23.1. The Balaban J connectivity index is 1.53. The second-order valence-corrected chi connectivity index (χ2v) is 6.86. The van der Waals surface area contributed by atoms with Crippen molar-refractivity contribution in [1.29, 1.82) is 5.26 Å². The molecule has 3 rings (SSSR count). The maximum atomic E-state index is 12.4. The van der Waals surface area contributed by atoms with E-state index in [1.165, 1.54) is 6.20 Å². The molecular weight excluding hydrogens is 418 g/mol. The smallest absolute Gasteiger partial charge is 0.338 e. The number of para-hydroxylation sites is 1. The van der Waals surface area contributed by atoms with Gasteiger partial charge in [-0.2, -0.15) is 5.26 Å². The monoisotopic (exact) mass is 441 g/mol. The van der Waals surface area contributed by atoms with E-state index >= 15 is 0 Å². The molecule has 1 amide bonds. The average molecular weight is 441 g/mol. The van der Waals surface area contributed by atoms with Crippen LogP contribution in [0.3, 0.4) is 0 Å². The molecule has 0 saturated carbocycles. The fraction of sp³-hybridized carbons (Fsp3) is 0.115. The molecule has 33 heavy (non-hydrogen) atoms. The zero-order valence-corrected chi connectivity index (χ0v) is 18.1. The second-order valence-electron chi connectivity index (χ2n) is 6.86. The highest BCUT2D eigenvalue weighted by Gasteiger charge is 2.10. The van der Waals surface area contributed by atoms with Gasteiger partial charge in [0.25, 0.3) is 5.91 Å². The van der Waals surface area contributed by atoms with Crippen LogP contribution in [0.4, 0.5) is 5.69 Å². The average Bonchev–Trinajstić information content (AvgIpc) is 2.84. The normalized spacial score (nSPS) is 10.6. The SMILES string of the molecule is CCOC(=O)c1ccc(CN/C=C(/C#N)C(=O)Nc2ccc(Oc3ccccc3)cc2)cc1. The standard InChI is InChI=1S/C26H23N3O4/c1-2-32-26(31)20-10-8-19(9-11-20)17-28-18-21(16-27)25(30)29-22-12-14-24(15-13-22)33-23-6-4-3-5-7-23/h3-15,18,28H,2,17H2,1H3,(H,29,30)/b21-18-. The van der Waals surface area contributed by atoms with Crippen LogP contribution >= 0.6 is 0 Å². The van der Waals surface area contributed by atoms with Crippen LogP contribution in [0.25, 0.3) is 0 Å². The van der Waals surface area contributed by atoms with Gasteiger partial charge in [-0.15, -0.1) is 0 Å². The number of carbonyl (C=O) groups is 2. The van der Waals surface area contributed by atoms with Crippen molar-refractivity contribution in [3.63, 3.8) is 0 Å². The molecule has 0 radical (unpaired) electrons. The minimum Gasteiger partial charge on any atom is -0.462 e. The fourth-order valence-corrected chi connectivity index (χ4v) is 2.82. The maximum absolute atomic E-state index is 12.4. The van der Waals surface area contributed by atoms with Crippen LogP contribution in [0.1, 0.15) is 22.8 Å². The summed E-state index contributed by atoms with van der Waals surface area (Å²) in [7, 11) is 0. The van der Waals surface area contributed by atoms with E-state index in [1.807, 2.05) is 36.4 Å². The molecule has 0 unspecified atom stereocenters. The number of esters is 1. The summed E-state index contributed by atoms with van der Waals surface area (Å²) in [6.45, 7) is 2.45. The Kier molecular flexibility index (Phi) is 8.21. The molecule has 3 aromatic carbocycles. The summed E-state index contributed by atoms with van der Waals surface area (Å²) in [5, 5.41) is 15.0. The number of hydrogen-bond acceptors (Lipinski definition) is 6. The third-order valence-corrected chi connectivity index (χ3v) is 4.47. The van der Waals surface area contributed by atoms with Gasteiger partial charge in [0.1, 0.15) is 23.1 Å². The number of nitrogens with zero attached hydrogens (tertiary/aromatic N) is 1. The van der Waals surface area contributed by atoms with E-state index in [9.17, 15) is 14.9 Å². The summed E-state index contributed by atoms with van der Waals surface area (Å²) in [5.41, 5.74) is 1.82. The quantitative estimate of drug-likeness (QED) is 0.281.